The molecule has 1 atom stereocenters. The molecule has 0 heterocycles. The lowest BCUT2D eigenvalue weighted by Gasteiger charge is -2.25. The van der Waals surface area contributed by atoms with Crippen LogP contribution >= 0.6 is 0 Å². The smallest absolute Gasteiger partial charge is 0.227 e. The van der Waals surface area contributed by atoms with Crippen LogP contribution in [-0.4, -0.2) is 25.0 Å². The van der Waals surface area contributed by atoms with Gasteiger partial charge in [-0.05, 0) is 30.2 Å². The van der Waals surface area contributed by atoms with Gasteiger partial charge in [0.1, 0.15) is 5.75 Å². The van der Waals surface area contributed by atoms with E-state index in [-0.39, 0.29) is 11.9 Å². The van der Waals surface area contributed by atoms with E-state index in [0.717, 1.165) is 16.9 Å². The number of nitrogens with zero attached hydrogens (tertiary/aromatic N) is 1. The van der Waals surface area contributed by atoms with Gasteiger partial charge in [0.05, 0.1) is 19.6 Å². The van der Waals surface area contributed by atoms with Gasteiger partial charge in [-0.1, -0.05) is 42.5 Å². The molecule has 0 aromatic heterocycles. The van der Waals surface area contributed by atoms with Crippen molar-refractivity contribution in [3.05, 3.63) is 65.7 Å². The standard InChI is InChI=1S/C18H21NO2/c1-14(16-9-5-4-6-10-16)19(2)18(20)13-15-8-7-11-17(12-15)21-3/h4-12,14H,13H2,1-3H3. The van der Waals surface area contributed by atoms with E-state index in [1.807, 2.05) is 68.6 Å². The van der Waals surface area contributed by atoms with Gasteiger partial charge in [0.15, 0.2) is 0 Å². The number of likely N-dealkylation sites (N-methyl/N-ethyl adjacent to an activating group) is 1. The third kappa shape index (κ3) is 3.85. The molecule has 0 saturated heterocycles. The van der Waals surface area contributed by atoms with Gasteiger partial charge in [-0.15, -0.1) is 0 Å². The zero-order chi connectivity index (χ0) is 15.2. The number of hydrogen-bond donors (Lipinski definition) is 0. The Balaban J connectivity index is 2.05. The minimum absolute atomic E-state index is 0.0595. The van der Waals surface area contributed by atoms with Crippen LogP contribution in [0.3, 0.4) is 0 Å². The Morgan fingerprint density at radius 2 is 1.86 bits per heavy atom. The second-order valence-corrected chi connectivity index (χ2v) is 5.12. The van der Waals surface area contributed by atoms with Gasteiger partial charge in [-0.25, -0.2) is 0 Å². The minimum Gasteiger partial charge on any atom is -0.497 e. The van der Waals surface area contributed by atoms with E-state index in [0.29, 0.717) is 6.42 Å². The van der Waals surface area contributed by atoms with Gasteiger partial charge in [0, 0.05) is 7.05 Å². The first-order valence-corrected chi connectivity index (χ1v) is 7.05. The lowest BCUT2D eigenvalue weighted by Crippen LogP contribution is -2.30. The molecule has 0 radical (unpaired) electrons. The fraction of sp³-hybridized carbons (Fsp3) is 0.278. The third-order valence-electron chi connectivity index (χ3n) is 3.75. The quantitative estimate of drug-likeness (QED) is 0.841. The van der Waals surface area contributed by atoms with Crippen LogP contribution in [0.25, 0.3) is 0 Å². The zero-order valence-electron chi connectivity index (χ0n) is 12.7. The molecule has 0 aliphatic carbocycles. The lowest BCUT2D eigenvalue weighted by molar-refractivity contribution is -0.131. The van der Waals surface area contributed by atoms with Crippen LogP contribution in [0.5, 0.6) is 5.75 Å². The van der Waals surface area contributed by atoms with E-state index in [4.69, 9.17) is 4.74 Å². The molecule has 0 fully saturated rings. The summed E-state index contributed by atoms with van der Waals surface area (Å²) in [6.45, 7) is 2.04. The van der Waals surface area contributed by atoms with Crippen molar-refractivity contribution in [3.63, 3.8) is 0 Å². The highest BCUT2D eigenvalue weighted by Gasteiger charge is 2.17. The maximum absolute atomic E-state index is 12.4. The summed E-state index contributed by atoms with van der Waals surface area (Å²) in [6.07, 6.45) is 0.380. The predicted molar refractivity (Wildman–Crippen MR) is 84.3 cm³/mol. The van der Waals surface area contributed by atoms with Crippen molar-refractivity contribution < 1.29 is 9.53 Å². The van der Waals surface area contributed by atoms with Crippen molar-refractivity contribution in [3.8, 4) is 5.75 Å². The Labute approximate surface area is 126 Å². The van der Waals surface area contributed by atoms with Gasteiger partial charge >= 0.3 is 0 Å². The molecule has 21 heavy (non-hydrogen) atoms. The molecule has 1 unspecified atom stereocenters. The average Bonchev–Trinajstić information content (AvgIpc) is 2.54. The second kappa shape index (κ2) is 6.93. The topological polar surface area (TPSA) is 29.5 Å². The van der Waals surface area contributed by atoms with Crippen LogP contribution in [0.4, 0.5) is 0 Å². The Morgan fingerprint density at radius 3 is 2.52 bits per heavy atom. The van der Waals surface area contributed by atoms with Crippen LogP contribution in [0, 0.1) is 0 Å². The van der Waals surface area contributed by atoms with Crippen LogP contribution < -0.4 is 4.74 Å². The normalized spacial score (nSPS) is 11.8. The SMILES string of the molecule is COc1cccc(CC(=O)N(C)C(C)c2ccccc2)c1. The Morgan fingerprint density at radius 1 is 1.14 bits per heavy atom. The first kappa shape index (κ1) is 15.1. The number of carbonyl (C=O) groups excluding carboxylic acids is 1. The van der Waals surface area contributed by atoms with Crippen molar-refractivity contribution in [1.29, 1.82) is 0 Å². The maximum atomic E-state index is 12.4. The molecule has 0 N–H and O–H groups in total. The molecular formula is C18H21NO2. The first-order chi connectivity index (χ1) is 10.1. The van der Waals surface area contributed by atoms with E-state index in [1.165, 1.54) is 0 Å². The van der Waals surface area contributed by atoms with Crippen LogP contribution in [0.15, 0.2) is 54.6 Å². The maximum Gasteiger partial charge on any atom is 0.227 e. The van der Waals surface area contributed by atoms with E-state index in [9.17, 15) is 4.79 Å². The van der Waals surface area contributed by atoms with Gasteiger partial charge in [0.25, 0.3) is 0 Å². The van der Waals surface area contributed by atoms with Crippen LogP contribution in [-0.2, 0) is 11.2 Å². The molecular weight excluding hydrogens is 262 g/mol. The zero-order valence-corrected chi connectivity index (χ0v) is 12.7. The molecule has 0 spiro atoms. The fourth-order valence-corrected chi connectivity index (χ4v) is 2.25. The van der Waals surface area contributed by atoms with Crippen molar-refractivity contribution in [2.24, 2.45) is 0 Å². The van der Waals surface area contributed by atoms with Crippen molar-refractivity contribution >= 4 is 5.91 Å². The summed E-state index contributed by atoms with van der Waals surface area (Å²) in [5.41, 5.74) is 2.10. The molecule has 0 aliphatic rings. The van der Waals surface area contributed by atoms with E-state index >= 15 is 0 Å². The van der Waals surface area contributed by atoms with E-state index < -0.39 is 0 Å². The third-order valence-corrected chi connectivity index (χ3v) is 3.75. The minimum atomic E-state index is 0.0595. The Hall–Kier alpha value is -2.29. The monoisotopic (exact) mass is 283 g/mol. The van der Waals surface area contributed by atoms with Crippen LogP contribution in [0.2, 0.25) is 0 Å². The van der Waals surface area contributed by atoms with Crippen molar-refractivity contribution in [2.45, 2.75) is 19.4 Å². The van der Waals surface area contributed by atoms with Gasteiger partial charge in [-0.2, -0.15) is 0 Å². The average molecular weight is 283 g/mol. The van der Waals surface area contributed by atoms with Crippen molar-refractivity contribution in [2.75, 3.05) is 14.2 Å². The Kier molecular flexibility index (Phi) is 4.99. The summed E-state index contributed by atoms with van der Waals surface area (Å²) in [4.78, 5) is 14.2. The summed E-state index contributed by atoms with van der Waals surface area (Å²) in [7, 11) is 3.48. The Bertz CT molecular complexity index is 595. The number of benzene rings is 2. The molecule has 2 aromatic rings. The van der Waals surface area contributed by atoms with Crippen molar-refractivity contribution in [1.82, 2.24) is 4.90 Å². The van der Waals surface area contributed by atoms with Crippen LogP contribution in [0.1, 0.15) is 24.1 Å². The lowest BCUT2D eigenvalue weighted by atomic mass is 10.1. The highest BCUT2D eigenvalue weighted by atomic mass is 16.5. The van der Waals surface area contributed by atoms with E-state index in [1.54, 1.807) is 12.0 Å². The molecule has 1 amide bonds. The van der Waals surface area contributed by atoms with E-state index in [2.05, 4.69) is 0 Å². The molecule has 2 aromatic carbocycles. The van der Waals surface area contributed by atoms with Gasteiger partial charge in [0.2, 0.25) is 5.91 Å². The first-order valence-electron chi connectivity index (χ1n) is 7.05. The molecule has 110 valence electrons. The number of carbonyl (C=O) groups is 1. The van der Waals surface area contributed by atoms with Gasteiger partial charge < -0.3 is 9.64 Å². The number of rotatable bonds is 5. The van der Waals surface area contributed by atoms with Gasteiger partial charge in [-0.3, -0.25) is 4.79 Å². The highest BCUT2D eigenvalue weighted by Crippen LogP contribution is 2.20. The summed E-state index contributed by atoms with van der Waals surface area (Å²) in [6, 6.07) is 17.7. The summed E-state index contributed by atoms with van der Waals surface area (Å²) in [5, 5.41) is 0. The molecule has 0 bridgehead atoms. The molecule has 2 rings (SSSR count). The fourth-order valence-electron chi connectivity index (χ4n) is 2.25. The molecule has 0 aliphatic heterocycles. The predicted octanol–water partition coefficient (Wildman–Crippen LogP) is 3.46. The molecule has 3 heteroatoms. The number of amides is 1. The summed E-state index contributed by atoms with van der Waals surface area (Å²) in [5.74, 6) is 0.874. The summed E-state index contributed by atoms with van der Waals surface area (Å²) < 4.78 is 5.19. The number of methoxy groups -OCH3 is 1. The number of hydrogen-bond acceptors (Lipinski definition) is 2. The molecule has 0 saturated carbocycles. The molecule has 3 nitrogen and oxygen atoms in total. The number of ether oxygens (including phenoxy) is 1. The second-order valence-electron chi connectivity index (χ2n) is 5.12. The largest absolute Gasteiger partial charge is 0.497 e. The summed E-state index contributed by atoms with van der Waals surface area (Å²) >= 11 is 0. The highest BCUT2D eigenvalue weighted by molar-refractivity contribution is 5.79.